The van der Waals surface area contributed by atoms with Gasteiger partial charge in [-0.3, -0.25) is 4.90 Å². The molecule has 1 atom stereocenters. The highest BCUT2D eigenvalue weighted by atomic mass is 35.5. The zero-order valence-corrected chi connectivity index (χ0v) is 15.2. The maximum Gasteiger partial charge on any atom is 0.326 e. The van der Waals surface area contributed by atoms with Gasteiger partial charge in [-0.05, 0) is 49.1 Å². The first-order chi connectivity index (χ1) is 11.6. The van der Waals surface area contributed by atoms with Gasteiger partial charge in [0.1, 0.15) is 11.9 Å². The Morgan fingerprint density at radius 3 is 2.96 bits per heavy atom. The highest BCUT2D eigenvalue weighted by Crippen LogP contribution is 2.36. The second kappa shape index (κ2) is 7.36. The first-order valence-corrected chi connectivity index (χ1v) is 9.39. The van der Waals surface area contributed by atoms with Crippen LogP contribution in [0.2, 0.25) is 5.02 Å². The standard InChI is InChI=1S/C18H19ClN2O2S/c1-3-14-11-21(16-9-12(19)7-8-17(16)23-14)18(22)20-13-5-4-6-15(10-13)24-2/h4-10,14H,3,11H2,1-2H3,(H,20,22)/t14-/m1/s1. The van der Waals surface area contributed by atoms with Crippen LogP contribution in [-0.2, 0) is 0 Å². The predicted molar refractivity (Wildman–Crippen MR) is 101 cm³/mol. The molecule has 1 heterocycles. The van der Waals surface area contributed by atoms with E-state index in [1.54, 1.807) is 28.8 Å². The molecule has 0 aliphatic carbocycles. The van der Waals surface area contributed by atoms with Crippen LogP contribution in [0.1, 0.15) is 13.3 Å². The van der Waals surface area contributed by atoms with E-state index in [0.717, 1.165) is 17.0 Å². The van der Waals surface area contributed by atoms with E-state index in [2.05, 4.69) is 5.32 Å². The number of halogens is 1. The summed E-state index contributed by atoms with van der Waals surface area (Å²) in [6.07, 6.45) is 2.81. The minimum atomic E-state index is -0.182. The van der Waals surface area contributed by atoms with Crippen molar-refractivity contribution in [3.63, 3.8) is 0 Å². The number of nitrogens with zero attached hydrogens (tertiary/aromatic N) is 1. The fourth-order valence-corrected chi connectivity index (χ4v) is 3.24. The zero-order chi connectivity index (χ0) is 17.1. The van der Waals surface area contributed by atoms with Gasteiger partial charge >= 0.3 is 6.03 Å². The van der Waals surface area contributed by atoms with Crippen molar-refractivity contribution < 1.29 is 9.53 Å². The first-order valence-electron chi connectivity index (χ1n) is 7.79. The Morgan fingerprint density at radius 2 is 2.21 bits per heavy atom. The number of amides is 2. The third-order valence-electron chi connectivity index (χ3n) is 3.91. The van der Waals surface area contributed by atoms with Crippen LogP contribution in [0.25, 0.3) is 0 Å². The van der Waals surface area contributed by atoms with Crippen LogP contribution in [-0.4, -0.2) is 24.9 Å². The molecule has 2 aromatic rings. The number of benzene rings is 2. The van der Waals surface area contributed by atoms with E-state index >= 15 is 0 Å². The lowest BCUT2D eigenvalue weighted by Crippen LogP contribution is -2.45. The number of thioether (sulfide) groups is 1. The molecule has 0 saturated carbocycles. The maximum absolute atomic E-state index is 12.8. The minimum absolute atomic E-state index is 0.0260. The van der Waals surface area contributed by atoms with Crippen molar-refractivity contribution in [2.75, 3.05) is 23.0 Å². The summed E-state index contributed by atoms with van der Waals surface area (Å²) in [6.45, 7) is 2.54. The number of rotatable bonds is 3. The monoisotopic (exact) mass is 362 g/mol. The first kappa shape index (κ1) is 17.0. The summed E-state index contributed by atoms with van der Waals surface area (Å²) in [5.74, 6) is 0.686. The molecule has 1 aliphatic heterocycles. The summed E-state index contributed by atoms with van der Waals surface area (Å²) < 4.78 is 5.92. The van der Waals surface area contributed by atoms with Crippen molar-refractivity contribution >= 4 is 40.8 Å². The molecule has 0 radical (unpaired) electrons. The Balaban J connectivity index is 1.87. The molecule has 1 N–H and O–H groups in total. The number of ether oxygens (including phenoxy) is 1. The average molecular weight is 363 g/mol. The molecule has 1 aliphatic rings. The predicted octanol–water partition coefficient (Wildman–Crippen LogP) is 5.27. The van der Waals surface area contributed by atoms with Gasteiger partial charge in [-0.15, -0.1) is 11.8 Å². The van der Waals surface area contributed by atoms with Gasteiger partial charge in [0.2, 0.25) is 0 Å². The van der Waals surface area contributed by atoms with Crippen LogP contribution in [0.3, 0.4) is 0 Å². The van der Waals surface area contributed by atoms with E-state index in [-0.39, 0.29) is 12.1 Å². The van der Waals surface area contributed by atoms with Crippen LogP contribution in [0.4, 0.5) is 16.2 Å². The van der Waals surface area contributed by atoms with Gasteiger partial charge in [0, 0.05) is 15.6 Å². The molecule has 2 amide bonds. The van der Waals surface area contributed by atoms with Crippen molar-refractivity contribution in [3.05, 3.63) is 47.5 Å². The van der Waals surface area contributed by atoms with Crippen LogP contribution >= 0.6 is 23.4 Å². The fraction of sp³-hybridized carbons (Fsp3) is 0.278. The normalized spacial score (nSPS) is 16.3. The van der Waals surface area contributed by atoms with Crippen LogP contribution in [0, 0.1) is 0 Å². The Kier molecular flexibility index (Phi) is 5.21. The van der Waals surface area contributed by atoms with Crippen molar-refractivity contribution in [2.24, 2.45) is 0 Å². The average Bonchev–Trinajstić information content (AvgIpc) is 2.60. The molecular formula is C18H19ClN2O2S. The maximum atomic E-state index is 12.8. The second-order valence-electron chi connectivity index (χ2n) is 5.53. The Morgan fingerprint density at radius 1 is 1.38 bits per heavy atom. The second-order valence-corrected chi connectivity index (χ2v) is 6.85. The van der Waals surface area contributed by atoms with Crippen molar-refractivity contribution in [1.29, 1.82) is 0 Å². The Hall–Kier alpha value is -1.85. The molecule has 24 heavy (non-hydrogen) atoms. The summed E-state index contributed by atoms with van der Waals surface area (Å²) >= 11 is 7.74. The third-order valence-corrected chi connectivity index (χ3v) is 4.87. The number of carbonyl (C=O) groups is 1. The topological polar surface area (TPSA) is 41.6 Å². The summed E-state index contributed by atoms with van der Waals surface area (Å²) in [5.41, 5.74) is 1.47. The highest BCUT2D eigenvalue weighted by Gasteiger charge is 2.29. The molecule has 6 heteroatoms. The zero-order valence-electron chi connectivity index (χ0n) is 13.6. The number of fused-ring (bicyclic) bond motifs is 1. The van der Waals surface area contributed by atoms with E-state index in [9.17, 15) is 4.79 Å². The van der Waals surface area contributed by atoms with Crippen LogP contribution < -0.4 is 15.0 Å². The number of anilines is 2. The van der Waals surface area contributed by atoms with E-state index in [0.29, 0.717) is 23.0 Å². The van der Waals surface area contributed by atoms with Crippen LogP contribution in [0.5, 0.6) is 5.75 Å². The van der Waals surface area contributed by atoms with E-state index < -0.39 is 0 Å². The van der Waals surface area contributed by atoms with E-state index in [1.807, 2.05) is 43.5 Å². The van der Waals surface area contributed by atoms with E-state index in [4.69, 9.17) is 16.3 Å². The number of hydrogen-bond acceptors (Lipinski definition) is 3. The number of hydrogen-bond donors (Lipinski definition) is 1. The molecule has 0 aromatic heterocycles. The van der Waals surface area contributed by atoms with Gasteiger partial charge < -0.3 is 10.1 Å². The summed E-state index contributed by atoms with van der Waals surface area (Å²) in [5, 5.41) is 3.54. The van der Waals surface area contributed by atoms with Gasteiger partial charge in [0.15, 0.2) is 0 Å². The number of urea groups is 1. The molecule has 0 bridgehead atoms. The minimum Gasteiger partial charge on any atom is -0.486 e. The van der Waals surface area contributed by atoms with Crippen molar-refractivity contribution in [3.8, 4) is 5.75 Å². The molecule has 3 rings (SSSR count). The molecule has 126 valence electrons. The van der Waals surface area contributed by atoms with E-state index in [1.165, 1.54) is 0 Å². The molecule has 4 nitrogen and oxygen atoms in total. The smallest absolute Gasteiger partial charge is 0.326 e. The van der Waals surface area contributed by atoms with Gasteiger partial charge in [-0.1, -0.05) is 24.6 Å². The quantitative estimate of drug-likeness (QED) is 0.756. The molecule has 0 saturated heterocycles. The molecule has 0 fully saturated rings. The summed E-state index contributed by atoms with van der Waals surface area (Å²) in [7, 11) is 0. The number of carbonyl (C=O) groups excluding carboxylic acids is 1. The van der Waals surface area contributed by atoms with Gasteiger partial charge in [-0.2, -0.15) is 0 Å². The van der Waals surface area contributed by atoms with Gasteiger partial charge in [0.25, 0.3) is 0 Å². The van der Waals surface area contributed by atoms with Gasteiger partial charge in [0.05, 0.1) is 12.2 Å². The Bertz CT molecular complexity index is 754. The van der Waals surface area contributed by atoms with Crippen molar-refractivity contribution in [2.45, 2.75) is 24.3 Å². The summed E-state index contributed by atoms with van der Waals surface area (Å²) in [4.78, 5) is 15.6. The summed E-state index contributed by atoms with van der Waals surface area (Å²) in [6, 6.07) is 13.0. The highest BCUT2D eigenvalue weighted by molar-refractivity contribution is 7.98. The molecule has 0 unspecified atom stereocenters. The lowest BCUT2D eigenvalue weighted by molar-refractivity contribution is 0.188. The molecule has 2 aromatic carbocycles. The Labute approximate surface area is 151 Å². The van der Waals surface area contributed by atoms with Gasteiger partial charge in [-0.25, -0.2) is 4.79 Å². The lowest BCUT2D eigenvalue weighted by Gasteiger charge is -2.34. The SMILES string of the molecule is CC[C@@H]1CN(C(=O)Nc2cccc(SC)c2)c2cc(Cl)ccc2O1. The molecular weight excluding hydrogens is 344 g/mol. The third kappa shape index (κ3) is 3.62. The largest absolute Gasteiger partial charge is 0.486 e. The lowest BCUT2D eigenvalue weighted by atomic mass is 10.1. The van der Waals surface area contributed by atoms with Crippen molar-refractivity contribution in [1.82, 2.24) is 0 Å². The van der Waals surface area contributed by atoms with Crippen LogP contribution in [0.15, 0.2) is 47.4 Å². The molecule has 0 spiro atoms. The number of nitrogens with one attached hydrogen (secondary N) is 1. The fourth-order valence-electron chi connectivity index (χ4n) is 2.62.